The molecule has 5 rings (SSSR count). The van der Waals surface area contributed by atoms with Crippen LogP contribution in [0.2, 0.25) is 0 Å². The summed E-state index contributed by atoms with van der Waals surface area (Å²) in [6.45, 7) is 0.738. The van der Waals surface area contributed by atoms with Gasteiger partial charge in [0.2, 0.25) is 0 Å². The van der Waals surface area contributed by atoms with Crippen molar-refractivity contribution < 1.29 is 9.32 Å². The van der Waals surface area contributed by atoms with E-state index in [1.807, 2.05) is 4.90 Å². The zero-order valence-corrected chi connectivity index (χ0v) is 14.8. The summed E-state index contributed by atoms with van der Waals surface area (Å²) < 4.78 is 4.92. The average Bonchev–Trinajstić information content (AvgIpc) is 3.35. The molecule has 0 spiro atoms. The summed E-state index contributed by atoms with van der Waals surface area (Å²) in [5.41, 5.74) is 4.21. The Morgan fingerprint density at radius 3 is 2.81 bits per heavy atom. The van der Waals surface area contributed by atoms with Crippen LogP contribution in [0.15, 0.2) is 41.1 Å². The van der Waals surface area contributed by atoms with Gasteiger partial charge in [0, 0.05) is 29.2 Å². The van der Waals surface area contributed by atoms with Gasteiger partial charge in [-0.15, -0.1) is 0 Å². The third-order valence-electron chi connectivity index (χ3n) is 6.10. The van der Waals surface area contributed by atoms with Gasteiger partial charge in [-0.1, -0.05) is 42.6 Å². The number of aromatic nitrogens is 2. The van der Waals surface area contributed by atoms with E-state index >= 15 is 0 Å². The number of carbonyl (C=O) groups excluding carboxylic acids is 1. The van der Waals surface area contributed by atoms with Gasteiger partial charge >= 0.3 is 0 Å². The van der Waals surface area contributed by atoms with Gasteiger partial charge in [-0.05, 0) is 36.8 Å². The van der Waals surface area contributed by atoms with Crippen molar-refractivity contribution in [1.29, 1.82) is 0 Å². The zero-order valence-electron chi connectivity index (χ0n) is 14.8. The molecule has 134 valence electrons. The molecule has 26 heavy (non-hydrogen) atoms. The summed E-state index contributed by atoms with van der Waals surface area (Å²) in [4.78, 5) is 18.8. The highest BCUT2D eigenvalue weighted by Gasteiger charge is 2.39. The molecule has 2 aromatic heterocycles. The lowest BCUT2D eigenvalue weighted by Crippen LogP contribution is -2.43. The van der Waals surface area contributed by atoms with Gasteiger partial charge < -0.3 is 14.4 Å². The minimum atomic E-state index is -0.0152. The number of nitrogens with zero attached hydrogens (tertiary/aromatic N) is 2. The van der Waals surface area contributed by atoms with E-state index < -0.39 is 0 Å². The largest absolute Gasteiger partial charge is 0.364 e. The lowest BCUT2D eigenvalue weighted by atomic mass is 9.79. The maximum atomic E-state index is 13.1. The van der Waals surface area contributed by atoms with E-state index in [0.29, 0.717) is 11.6 Å². The quantitative estimate of drug-likeness (QED) is 0.742. The van der Waals surface area contributed by atoms with Gasteiger partial charge in [-0.3, -0.25) is 4.79 Å². The van der Waals surface area contributed by atoms with Gasteiger partial charge in [0.25, 0.3) is 5.91 Å². The molecule has 0 saturated heterocycles. The first-order chi connectivity index (χ1) is 12.8. The second-order valence-electron chi connectivity index (χ2n) is 7.54. The summed E-state index contributed by atoms with van der Waals surface area (Å²) >= 11 is 0. The van der Waals surface area contributed by atoms with E-state index in [1.165, 1.54) is 60.5 Å². The molecule has 0 radical (unpaired) electrons. The molecule has 3 aromatic rings. The van der Waals surface area contributed by atoms with Crippen molar-refractivity contribution in [1.82, 2.24) is 15.0 Å². The minimum absolute atomic E-state index is 0.0152. The van der Waals surface area contributed by atoms with Crippen molar-refractivity contribution in [3.63, 3.8) is 0 Å². The molecule has 1 aliphatic carbocycles. The lowest BCUT2D eigenvalue weighted by molar-refractivity contribution is 0.0523. The van der Waals surface area contributed by atoms with Crippen LogP contribution in [-0.4, -0.2) is 27.5 Å². The van der Waals surface area contributed by atoms with Crippen LogP contribution in [0.3, 0.4) is 0 Å². The molecule has 1 aliphatic heterocycles. The molecule has 1 N–H and O–H groups in total. The van der Waals surface area contributed by atoms with Gasteiger partial charge in [-0.25, -0.2) is 0 Å². The van der Waals surface area contributed by atoms with Crippen molar-refractivity contribution in [3.05, 3.63) is 53.5 Å². The summed E-state index contributed by atoms with van der Waals surface area (Å²) in [5, 5.41) is 5.20. The molecule has 1 aromatic carbocycles. The minimum Gasteiger partial charge on any atom is -0.364 e. The molecule has 1 amide bonds. The van der Waals surface area contributed by atoms with Gasteiger partial charge in [0.15, 0.2) is 5.69 Å². The standard InChI is InChI=1S/C21H23N3O2/c25-21(18-11-13-26-23-18)24-12-10-16-15-8-4-5-9-17(15)22-19(16)20(24)14-6-2-1-3-7-14/h4-5,8-9,11,13-14,20,22H,1-3,6-7,10,12H2/t20-/m1/s1. The molecule has 2 aliphatic rings. The van der Waals surface area contributed by atoms with E-state index in [2.05, 4.69) is 34.4 Å². The Morgan fingerprint density at radius 2 is 2.00 bits per heavy atom. The summed E-state index contributed by atoms with van der Waals surface area (Å²) in [6, 6.07) is 10.3. The maximum Gasteiger partial charge on any atom is 0.276 e. The fourth-order valence-corrected chi connectivity index (χ4v) is 4.91. The highest BCUT2D eigenvalue weighted by molar-refractivity contribution is 5.93. The molecule has 1 saturated carbocycles. The van der Waals surface area contributed by atoms with E-state index in [1.54, 1.807) is 6.07 Å². The first-order valence-corrected chi connectivity index (χ1v) is 9.64. The number of hydrogen-bond acceptors (Lipinski definition) is 3. The predicted octanol–water partition coefficient (Wildman–Crippen LogP) is 4.48. The molecule has 5 heteroatoms. The highest BCUT2D eigenvalue weighted by Crippen LogP contribution is 2.44. The van der Waals surface area contributed by atoms with Crippen LogP contribution in [0.4, 0.5) is 0 Å². The first-order valence-electron chi connectivity index (χ1n) is 9.64. The lowest BCUT2D eigenvalue weighted by Gasteiger charge is -2.41. The second-order valence-corrected chi connectivity index (χ2v) is 7.54. The van der Waals surface area contributed by atoms with Crippen LogP contribution in [0.1, 0.15) is 59.9 Å². The van der Waals surface area contributed by atoms with Crippen LogP contribution in [0.25, 0.3) is 10.9 Å². The number of para-hydroxylation sites is 1. The molecule has 1 fully saturated rings. The topological polar surface area (TPSA) is 62.1 Å². The van der Waals surface area contributed by atoms with E-state index in [-0.39, 0.29) is 11.9 Å². The average molecular weight is 349 g/mol. The number of hydrogen-bond donors (Lipinski definition) is 1. The number of fused-ring (bicyclic) bond motifs is 3. The Hall–Kier alpha value is -2.56. The third kappa shape index (κ3) is 2.45. The Morgan fingerprint density at radius 1 is 1.15 bits per heavy atom. The molecular weight excluding hydrogens is 326 g/mol. The number of carbonyl (C=O) groups is 1. The normalized spacial score (nSPS) is 21.1. The molecule has 0 bridgehead atoms. The van der Waals surface area contributed by atoms with Crippen molar-refractivity contribution in [2.24, 2.45) is 5.92 Å². The van der Waals surface area contributed by atoms with Crippen molar-refractivity contribution in [2.45, 2.75) is 44.6 Å². The first kappa shape index (κ1) is 15.7. The van der Waals surface area contributed by atoms with Gasteiger partial charge in [-0.2, -0.15) is 0 Å². The molecule has 5 nitrogen and oxygen atoms in total. The van der Waals surface area contributed by atoms with E-state index in [9.17, 15) is 4.79 Å². The van der Waals surface area contributed by atoms with Crippen molar-refractivity contribution >= 4 is 16.8 Å². The number of H-pyrrole nitrogens is 1. The van der Waals surface area contributed by atoms with Crippen LogP contribution in [0.5, 0.6) is 0 Å². The van der Waals surface area contributed by atoms with Crippen LogP contribution in [-0.2, 0) is 6.42 Å². The Bertz CT molecular complexity index is 922. The number of nitrogens with one attached hydrogen (secondary N) is 1. The second kappa shape index (κ2) is 6.31. The summed E-state index contributed by atoms with van der Waals surface area (Å²) in [5.74, 6) is 0.491. The van der Waals surface area contributed by atoms with Crippen LogP contribution < -0.4 is 0 Å². The van der Waals surface area contributed by atoms with E-state index in [4.69, 9.17) is 4.52 Å². The SMILES string of the molecule is O=C(c1ccon1)N1CCc2c([nH]c3ccccc23)[C@H]1C1CCCCC1. The third-order valence-corrected chi connectivity index (χ3v) is 6.10. The summed E-state index contributed by atoms with van der Waals surface area (Å²) in [7, 11) is 0. The predicted molar refractivity (Wildman–Crippen MR) is 98.9 cm³/mol. The molecule has 3 heterocycles. The Balaban J connectivity index is 1.61. The van der Waals surface area contributed by atoms with Gasteiger partial charge in [0.05, 0.1) is 6.04 Å². The van der Waals surface area contributed by atoms with Crippen LogP contribution in [0, 0.1) is 5.92 Å². The molecule has 1 atom stereocenters. The molecule has 0 unspecified atom stereocenters. The smallest absolute Gasteiger partial charge is 0.276 e. The number of rotatable bonds is 2. The number of amides is 1. The molecular formula is C21H23N3O2. The highest BCUT2D eigenvalue weighted by atomic mass is 16.5. The number of aromatic amines is 1. The van der Waals surface area contributed by atoms with Crippen molar-refractivity contribution in [2.75, 3.05) is 6.54 Å². The summed E-state index contributed by atoms with van der Waals surface area (Å²) in [6.07, 6.45) is 8.53. The monoisotopic (exact) mass is 349 g/mol. The fraction of sp³-hybridized carbons (Fsp3) is 0.429. The number of benzene rings is 1. The fourth-order valence-electron chi connectivity index (χ4n) is 4.91. The zero-order chi connectivity index (χ0) is 17.5. The van der Waals surface area contributed by atoms with E-state index in [0.717, 1.165) is 13.0 Å². The Labute approximate surface area is 152 Å². The van der Waals surface area contributed by atoms with Crippen molar-refractivity contribution in [3.8, 4) is 0 Å². The Kier molecular flexibility index (Phi) is 3.80. The van der Waals surface area contributed by atoms with Crippen LogP contribution >= 0.6 is 0 Å². The maximum absolute atomic E-state index is 13.1. The van der Waals surface area contributed by atoms with Gasteiger partial charge in [0.1, 0.15) is 6.26 Å².